The number of nitro groups is 1. The van der Waals surface area contributed by atoms with E-state index in [1.54, 1.807) is 12.1 Å². The Bertz CT molecular complexity index is 592. The van der Waals surface area contributed by atoms with Gasteiger partial charge in [0.25, 0.3) is 5.69 Å². The molecule has 2 aliphatic rings. The number of hydrogen-bond acceptors (Lipinski definition) is 4. The van der Waals surface area contributed by atoms with Crippen LogP contribution in [-0.4, -0.2) is 17.5 Å². The second-order valence-corrected chi connectivity index (χ2v) is 6.02. The Morgan fingerprint density at radius 2 is 2.00 bits per heavy atom. The van der Waals surface area contributed by atoms with E-state index < -0.39 is 4.92 Å². The van der Waals surface area contributed by atoms with Gasteiger partial charge in [-0.3, -0.25) is 10.1 Å². The highest BCUT2D eigenvalue weighted by atomic mass is 16.6. The van der Waals surface area contributed by atoms with E-state index in [0.29, 0.717) is 6.04 Å². The lowest BCUT2D eigenvalue weighted by atomic mass is 9.78. The summed E-state index contributed by atoms with van der Waals surface area (Å²) < 4.78 is 0. The van der Waals surface area contributed by atoms with Gasteiger partial charge in [-0.15, -0.1) is 0 Å². The Morgan fingerprint density at radius 1 is 1.24 bits per heavy atom. The predicted octanol–water partition coefficient (Wildman–Crippen LogP) is 3.63. The lowest BCUT2D eigenvalue weighted by Crippen LogP contribution is -2.46. The molecule has 1 saturated heterocycles. The summed E-state index contributed by atoms with van der Waals surface area (Å²) in [7, 11) is 0. The molecule has 110 valence electrons. The van der Waals surface area contributed by atoms with Crippen molar-refractivity contribution in [3.63, 3.8) is 0 Å². The highest BCUT2D eigenvalue weighted by Gasteiger charge is 2.33. The van der Waals surface area contributed by atoms with Gasteiger partial charge in [-0.2, -0.15) is 5.26 Å². The fourth-order valence-electron chi connectivity index (χ4n) is 3.89. The number of nitriles is 1. The summed E-state index contributed by atoms with van der Waals surface area (Å²) in [5.41, 5.74) is 0.964. The molecule has 1 aliphatic heterocycles. The largest absolute Gasteiger partial charge is 0.368 e. The highest BCUT2D eigenvalue weighted by Crippen LogP contribution is 2.38. The third-order valence-electron chi connectivity index (χ3n) is 4.87. The Kier molecular flexibility index (Phi) is 3.78. The van der Waals surface area contributed by atoms with Crippen molar-refractivity contribution >= 4 is 11.4 Å². The fourth-order valence-corrected chi connectivity index (χ4v) is 3.89. The van der Waals surface area contributed by atoms with E-state index in [1.165, 1.54) is 32.1 Å². The average molecular weight is 285 g/mol. The fraction of sp³-hybridized carbons (Fsp3) is 0.562. The van der Waals surface area contributed by atoms with Crippen LogP contribution in [0.25, 0.3) is 0 Å². The molecule has 3 rings (SSSR count). The predicted molar refractivity (Wildman–Crippen MR) is 80.1 cm³/mol. The van der Waals surface area contributed by atoms with E-state index in [9.17, 15) is 10.1 Å². The minimum atomic E-state index is -0.454. The number of hydrogen-bond donors (Lipinski definition) is 0. The van der Waals surface area contributed by atoms with Crippen LogP contribution in [0.1, 0.15) is 44.1 Å². The number of benzene rings is 1. The number of fused-ring (bicyclic) bond motifs is 1. The van der Waals surface area contributed by atoms with Gasteiger partial charge in [-0.25, -0.2) is 0 Å². The minimum Gasteiger partial charge on any atom is -0.368 e. The van der Waals surface area contributed by atoms with Crippen molar-refractivity contribution in [2.75, 3.05) is 11.4 Å². The number of piperidine rings is 1. The smallest absolute Gasteiger partial charge is 0.289 e. The summed E-state index contributed by atoms with van der Waals surface area (Å²) in [5.74, 6) is 0.724. The summed E-state index contributed by atoms with van der Waals surface area (Å²) in [4.78, 5) is 13.0. The average Bonchev–Trinajstić information content (AvgIpc) is 2.53. The summed E-state index contributed by atoms with van der Waals surface area (Å²) >= 11 is 0. The van der Waals surface area contributed by atoms with Crippen LogP contribution < -0.4 is 4.90 Å². The molecule has 0 amide bonds. The summed E-state index contributed by atoms with van der Waals surface area (Å²) in [6, 6.07) is 7.44. The van der Waals surface area contributed by atoms with E-state index in [0.717, 1.165) is 24.6 Å². The second kappa shape index (κ2) is 5.72. The Labute approximate surface area is 124 Å². The SMILES string of the molecule is N#Cc1ccc(N2CCC[C@H]3CCCC[C@H]32)cc1[N+](=O)[O-]. The first kappa shape index (κ1) is 13.9. The minimum absolute atomic E-state index is 0.0760. The van der Waals surface area contributed by atoms with Crippen molar-refractivity contribution in [2.45, 2.75) is 44.6 Å². The second-order valence-electron chi connectivity index (χ2n) is 6.02. The van der Waals surface area contributed by atoms with E-state index in [1.807, 2.05) is 12.1 Å². The van der Waals surface area contributed by atoms with Gasteiger partial charge in [0.1, 0.15) is 11.6 Å². The third kappa shape index (κ3) is 2.58. The summed E-state index contributed by atoms with van der Waals surface area (Å²) in [6.07, 6.45) is 7.44. The van der Waals surface area contributed by atoms with Crippen molar-refractivity contribution in [2.24, 2.45) is 5.92 Å². The standard InChI is InChI=1S/C16H19N3O2/c17-11-13-7-8-14(10-16(13)19(20)21)18-9-3-5-12-4-1-2-6-15(12)18/h7-8,10,12,15H,1-6,9H2/t12-,15-/m1/s1. The molecule has 1 heterocycles. The van der Waals surface area contributed by atoms with Gasteiger partial charge in [0.15, 0.2) is 0 Å². The highest BCUT2D eigenvalue weighted by molar-refractivity contribution is 5.61. The molecule has 0 N–H and O–H groups in total. The van der Waals surface area contributed by atoms with Gasteiger partial charge >= 0.3 is 0 Å². The molecule has 1 aromatic carbocycles. The van der Waals surface area contributed by atoms with Crippen molar-refractivity contribution < 1.29 is 4.92 Å². The maximum atomic E-state index is 11.1. The molecular weight excluding hydrogens is 266 g/mol. The molecule has 0 spiro atoms. The first-order valence-corrected chi connectivity index (χ1v) is 7.66. The molecule has 2 atom stereocenters. The number of nitro benzene ring substituents is 1. The maximum absolute atomic E-state index is 11.1. The summed E-state index contributed by atoms with van der Waals surface area (Å²) in [5, 5.41) is 20.1. The van der Waals surface area contributed by atoms with Gasteiger partial charge in [-0.05, 0) is 43.7 Å². The topological polar surface area (TPSA) is 70.2 Å². The van der Waals surface area contributed by atoms with Crippen molar-refractivity contribution in [1.29, 1.82) is 5.26 Å². The maximum Gasteiger partial charge on any atom is 0.289 e. The number of nitrogens with zero attached hydrogens (tertiary/aromatic N) is 3. The lowest BCUT2D eigenvalue weighted by Gasteiger charge is -2.45. The van der Waals surface area contributed by atoms with Crippen molar-refractivity contribution in [3.05, 3.63) is 33.9 Å². The first-order valence-electron chi connectivity index (χ1n) is 7.66. The van der Waals surface area contributed by atoms with Crippen LogP contribution in [0, 0.1) is 27.4 Å². The molecular formula is C16H19N3O2. The van der Waals surface area contributed by atoms with Gasteiger partial charge in [0.05, 0.1) is 4.92 Å². The molecule has 21 heavy (non-hydrogen) atoms. The van der Waals surface area contributed by atoms with E-state index in [2.05, 4.69) is 4.90 Å². The van der Waals surface area contributed by atoms with Crippen LogP contribution in [0.4, 0.5) is 11.4 Å². The molecule has 0 aromatic heterocycles. The van der Waals surface area contributed by atoms with Gasteiger partial charge in [0, 0.05) is 24.3 Å². The van der Waals surface area contributed by atoms with Crippen molar-refractivity contribution in [1.82, 2.24) is 0 Å². The monoisotopic (exact) mass is 285 g/mol. The Morgan fingerprint density at radius 3 is 2.76 bits per heavy atom. The first-order chi connectivity index (χ1) is 10.2. The Balaban J connectivity index is 1.94. The third-order valence-corrected chi connectivity index (χ3v) is 4.87. The molecule has 1 saturated carbocycles. The van der Waals surface area contributed by atoms with Crippen LogP contribution in [0.5, 0.6) is 0 Å². The number of rotatable bonds is 2. The van der Waals surface area contributed by atoms with Crippen LogP contribution in [0.15, 0.2) is 18.2 Å². The zero-order chi connectivity index (χ0) is 14.8. The van der Waals surface area contributed by atoms with Crippen LogP contribution >= 0.6 is 0 Å². The van der Waals surface area contributed by atoms with Crippen molar-refractivity contribution in [3.8, 4) is 6.07 Å². The van der Waals surface area contributed by atoms with Crippen LogP contribution in [0.3, 0.4) is 0 Å². The van der Waals surface area contributed by atoms with Gasteiger partial charge in [-0.1, -0.05) is 12.8 Å². The quantitative estimate of drug-likeness (QED) is 0.614. The zero-order valence-electron chi connectivity index (χ0n) is 12.0. The molecule has 5 nitrogen and oxygen atoms in total. The van der Waals surface area contributed by atoms with Crippen LogP contribution in [0.2, 0.25) is 0 Å². The number of anilines is 1. The molecule has 2 fully saturated rings. The van der Waals surface area contributed by atoms with E-state index >= 15 is 0 Å². The van der Waals surface area contributed by atoms with Gasteiger partial charge < -0.3 is 4.90 Å². The van der Waals surface area contributed by atoms with Crippen LogP contribution in [-0.2, 0) is 0 Å². The lowest BCUT2D eigenvalue weighted by molar-refractivity contribution is -0.385. The molecule has 0 bridgehead atoms. The van der Waals surface area contributed by atoms with E-state index in [4.69, 9.17) is 5.26 Å². The van der Waals surface area contributed by atoms with E-state index in [-0.39, 0.29) is 11.3 Å². The summed E-state index contributed by atoms with van der Waals surface area (Å²) in [6.45, 7) is 0.963. The molecule has 0 unspecified atom stereocenters. The Hall–Kier alpha value is -2.09. The molecule has 1 aromatic rings. The normalized spacial score (nSPS) is 25.0. The molecule has 0 radical (unpaired) electrons. The molecule has 1 aliphatic carbocycles. The van der Waals surface area contributed by atoms with Gasteiger partial charge in [0.2, 0.25) is 0 Å². The zero-order valence-corrected chi connectivity index (χ0v) is 12.0. The molecule has 5 heteroatoms.